The number of fused-ring (bicyclic) bond motifs is 1. The molecule has 0 N–H and O–H groups in total. The summed E-state index contributed by atoms with van der Waals surface area (Å²) in [6.45, 7) is 2.10. The summed E-state index contributed by atoms with van der Waals surface area (Å²) in [6, 6.07) is 8.49. The molecule has 1 nitrogen and oxygen atoms in total. The van der Waals surface area contributed by atoms with E-state index in [4.69, 9.17) is 16.3 Å². The van der Waals surface area contributed by atoms with Gasteiger partial charge in [0.15, 0.2) is 0 Å². The second-order valence-electron chi connectivity index (χ2n) is 5.74. The van der Waals surface area contributed by atoms with E-state index in [-0.39, 0.29) is 5.38 Å². The number of halogens is 1. The fraction of sp³-hybridized carbons (Fsp3) is 0.444. The van der Waals surface area contributed by atoms with Crippen molar-refractivity contribution < 1.29 is 4.74 Å². The highest BCUT2D eigenvalue weighted by molar-refractivity contribution is 7.12. The molecule has 0 amide bonds. The van der Waals surface area contributed by atoms with Crippen LogP contribution in [0.2, 0.25) is 0 Å². The molecule has 3 rings (SSSR count). The highest BCUT2D eigenvalue weighted by atomic mass is 35.5. The molecule has 1 aromatic heterocycles. The molecule has 0 bridgehead atoms. The molecule has 1 aliphatic carbocycles. The van der Waals surface area contributed by atoms with Crippen LogP contribution in [0, 0.1) is 6.92 Å². The van der Waals surface area contributed by atoms with Crippen LogP contribution in [0.1, 0.15) is 51.1 Å². The first-order valence-electron chi connectivity index (χ1n) is 7.59. The van der Waals surface area contributed by atoms with Gasteiger partial charge in [0.05, 0.1) is 12.5 Å². The molecule has 2 aromatic rings. The van der Waals surface area contributed by atoms with Gasteiger partial charge in [-0.25, -0.2) is 0 Å². The second kappa shape index (κ2) is 6.41. The lowest BCUT2D eigenvalue weighted by Crippen LogP contribution is -1.95. The minimum Gasteiger partial charge on any atom is -0.497 e. The van der Waals surface area contributed by atoms with Crippen LogP contribution >= 0.6 is 22.9 Å². The van der Waals surface area contributed by atoms with Crippen LogP contribution < -0.4 is 4.74 Å². The van der Waals surface area contributed by atoms with Gasteiger partial charge in [0.1, 0.15) is 5.75 Å². The Bertz CT molecular complexity index is 609. The van der Waals surface area contributed by atoms with Crippen LogP contribution in [0.3, 0.4) is 0 Å². The van der Waals surface area contributed by atoms with Crippen molar-refractivity contribution in [3.05, 3.63) is 50.7 Å². The van der Waals surface area contributed by atoms with Crippen molar-refractivity contribution in [1.82, 2.24) is 0 Å². The van der Waals surface area contributed by atoms with Crippen molar-refractivity contribution in [3.8, 4) is 5.75 Å². The second-order valence-corrected chi connectivity index (χ2v) is 7.35. The third-order valence-corrected chi connectivity index (χ3v) is 6.17. The molecule has 1 unspecified atom stereocenters. The van der Waals surface area contributed by atoms with E-state index >= 15 is 0 Å². The summed E-state index contributed by atoms with van der Waals surface area (Å²) >= 11 is 8.67. The van der Waals surface area contributed by atoms with E-state index < -0.39 is 0 Å². The molecule has 1 heterocycles. The Kier molecular flexibility index (Phi) is 4.56. The zero-order valence-electron chi connectivity index (χ0n) is 12.6. The largest absolute Gasteiger partial charge is 0.497 e. The van der Waals surface area contributed by atoms with Crippen LogP contribution in [-0.2, 0) is 12.8 Å². The minimum atomic E-state index is -0.0483. The summed E-state index contributed by atoms with van der Waals surface area (Å²) in [4.78, 5) is 2.84. The fourth-order valence-electron chi connectivity index (χ4n) is 3.03. The van der Waals surface area contributed by atoms with Gasteiger partial charge in [-0.15, -0.1) is 22.9 Å². The van der Waals surface area contributed by atoms with Crippen LogP contribution in [0.15, 0.2) is 24.3 Å². The fourth-order valence-corrected chi connectivity index (χ4v) is 4.72. The van der Waals surface area contributed by atoms with E-state index in [1.54, 1.807) is 12.0 Å². The predicted molar refractivity (Wildman–Crippen MR) is 91.0 cm³/mol. The number of hydrogen-bond acceptors (Lipinski definition) is 2. The van der Waals surface area contributed by atoms with Gasteiger partial charge >= 0.3 is 0 Å². The third-order valence-electron chi connectivity index (χ3n) is 4.27. The molecule has 0 aliphatic heterocycles. The average molecular weight is 321 g/mol. The number of aryl methyl sites for hydroxylation is 3. The Hall–Kier alpha value is -0.990. The third kappa shape index (κ3) is 3.12. The molecule has 1 aliphatic rings. The van der Waals surface area contributed by atoms with Crippen molar-refractivity contribution >= 4 is 22.9 Å². The van der Waals surface area contributed by atoms with Gasteiger partial charge in [0, 0.05) is 9.75 Å². The summed E-state index contributed by atoms with van der Waals surface area (Å²) in [6.07, 6.45) is 6.44. The van der Waals surface area contributed by atoms with Gasteiger partial charge in [-0.3, -0.25) is 0 Å². The van der Waals surface area contributed by atoms with Crippen molar-refractivity contribution in [2.75, 3.05) is 7.11 Å². The maximum atomic E-state index is 6.76. The maximum Gasteiger partial charge on any atom is 0.119 e. The topological polar surface area (TPSA) is 9.23 Å². The van der Waals surface area contributed by atoms with Crippen LogP contribution in [0.25, 0.3) is 0 Å². The Morgan fingerprint density at radius 1 is 1.14 bits per heavy atom. The van der Waals surface area contributed by atoms with E-state index in [9.17, 15) is 0 Å². The summed E-state index contributed by atoms with van der Waals surface area (Å²) in [5.41, 5.74) is 3.91. The molecule has 112 valence electrons. The molecule has 3 heteroatoms. The molecule has 0 fully saturated rings. The number of rotatable bonds is 3. The first-order chi connectivity index (χ1) is 10.2. The highest BCUT2D eigenvalue weighted by Gasteiger charge is 2.19. The Morgan fingerprint density at radius 2 is 1.95 bits per heavy atom. The Morgan fingerprint density at radius 3 is 2.71 bits per heavy atom. The number of alkyl halides is 1. The molecule has 1 atom stereocenters. The van der Waals surface area contributed by atoms with Crippen molar-refractivity contribution in [3.63, 3.8) is 0 Å². The first-order valence-corrected chi connectivity index (χ1v) is 8.84. The predicted octanol–water partition coefficient (Wildman–Crippen LogP) is 5.66. The molecule has 0 spiro atoms. The lowest BCUT2D eigenvalue weighted by molar-refractivity contribution is 0.414. The van der Waals surface area contributed by atoms with E-state index in [0.717, 1.165) is 5.75 Å². The van der Waals surface area contributed by atoms with Crippen molar-refractivity contribution in [1.29, 1.82) is 0 Å². The van der Waals surface area contributed by atoms with Crippen molar-refractivity contribution in [2.45, 2.75) is 44.4 Å². The minimum absolute atomic E-state index is 0.0483. The summed E-state index contributed by atoms with van der Waals surface area (Å²) in [5, 5.41) is -0.0483. The van der Waals surface area contributed by atoms with E-state index in [0.29, 0.717) is 0 Å². The Balaban J connectivity index is 1.90. The van der Waals surface area contributed by atoms with Gasteiger partial charge in [-0.05, 0) is 67.5 Å². The SMILES string of the molecule is COc1ccc(C(Cl)c2cc3c(s2)CCCCC3)c(C)c1. The van der Waals surface area contributed by atoms with Gasteiger partial charge in [-0.1, -0.05) is 12.5 Å². The first kappa shape index (κ1) is 14.9. The Labute approximate surface area is 135 Å². The normalized spacial score (nSPS) is 16.1. The van der Waals surface area contributed by atoms with Gasteiger partial charge < -0.3 is 4.74 Å². The lowest BCUT2D eigenvalue weighted by Gasteiger charge is -2.12. The number of hydrogen-bond donors (Lipinski definition) is 0. The van der Waals surface area contributed by atoms with Crippen LogP contribution in [0.5, 0.6) is 5.75 Å². The summed E-state index contributed by atoms with van der Waals surface area (Å²) < 4.78 is 5.28. The molecular formula is C18H21ClOS. The summed E-state index contributed by atoms with van der Waals surface area (Å²) in [7, 11) is 1.70. The quantitative estimate of drug-likeness (QED) is 0.523. The lowest BCUT2D eigenvalue weighted by atomic mass is 10.0. The van der Waals surface area contributed by atoms with Gasteiger partial charge in [0.2, 0.25) is 0 Å². The standard InChI is InChI=1S/C18H21ClOS/c1-12-10-14(20-2)8-9-15(12)18(19)17-11-13-6-4-3-5-7-16(13)21-17/h8-11,18H,3-7H2,1-2H3. The number of methoxy groups -OCH3 is 1. The smallest absolute Gasteiger partial charge is 0.119 e. The van der Waals surface area contributed by atoms with Gasteiger partial charge in [-0.2, -0.15) is 0 Å². The molecule has 0 radical (unpaired) electrons. The highest BCUT2D eigenvalue weighted by Crippen LogP contribution is 2.39. The average Bonchev–Trinajstić information content (AvgIpc) is 2.77. The monoisotopic (exact) mass is 320 g/mol. The zero-order valence-corrected chi connectivity index (χ0v) is 14.2. The number of thiophene rings is 1. The zero-order chi connectivity index (χ0) is 14.8. The van der Waals surface area contributed by atoms with E-state index in [1.165, 1.54) is 53.7 Å². The van der Waals surface area contributed by atoms with Crippen LogP contribution in [0.4, 0.5) is 0 Å². The molecular weight excluding hydrogens is 300 g/mol. The van der Waals surface area contributed by atoms with Gasteiger partial charge in [0.25, 0.3) is 0 Å². The summed E-state index contributed by atoms with van der Waals surface area (Å²) in [5.74, 6) is 0.891. The molecule has 0 saturated heterocycles. The van der Waals surface area contributed by atoms with Crippen molar-refractivity contribution in [2.24, 2.45) is 0 Å². The maximum absolute atomic E-state index is 6.76. The van der Waals surface area contributed by atoms with Crippen LogP contribution in [-0.4, -0.2) is 7.11 Å². The number of benzene rings is 1. The molecule has 1 aromatic carbocycles. The molecule has 0 saturated carbocycles. The van der Waals surface area contributed by atoms with E-state index in [1.807, 2.05) is 17.4 Å². The molecule has 21 heavy (non-hydrogen) atoms. The number of ether oxygens (including phenoxy) is 1. The van der Waals surface area contributed by atoms with E-state index in [2.05, 4.69) is 25.1 Å².